The lowest BCUT2D eigenvalue weighted by atomic mass is 10.1. The third kappa shape index (κ3) is 4.92. The number of nitrogens with zero attached hydrogens (tertiary/aromatic N) is 2. The molecule has 132 valence electrons. The van der Waals surface area contributed by atoms with Crippen LogP contribution in [0.25, 0.3) is 6.08 Å². The minimum atomic E-state index is -0.663. The van der Waals surface area contributed by atoms with Crippen LogP contribution in [0.4, 0.5) is 11.4 Å². The molecule has 1 N–H and O–H groups in total. The zero-order chi connectivity index (χ0) is 19.3. The Morgan fingerprint density at radius 2 is 2.08 bits per heavy atom. The van der Waals surface area contributed by atoms with Crippen molar-refractivity contribution in [1.82, 2.24) is 0 Å². The van der Waals surface area contributed by atoms with E-state index in [4.69, 9.17) is 4.74 Å². The molecule has 9 heteroatoms. The normalized spacial score (nSPS) is 10.8. The van der Waals surface area contributed by atoms with Crippen LogP contribution in [0, 0.1) is 28.6 Å². The van der Waals surface area contributed by atoms with Crippen molar-refractivity contribution in [3.05, 3.63) is 64.8 Å². The summed E-state index contributed by atoms with van der Waals surface area (Å²) in [5.74, 6) is -0.106. The molecule has 0 fully saturated rings. The molecule has 0 aliphatic rings. The number of nitriles is 1. The lowest BCUT2D eigenvalue weighted by Gasteiger charge is -2.09. The predicted molar refractivity (Wildman–Crippen MR) is 114 cm³/mol. The Labute approximate surface area is 176 Å². The van der Waals surface area contributed by atoms with Gasteiger partial charge in [-0.3, -0.25) is 14.9 Å². The van der Waals surface area contributed by atoms with Gasteiger partial charge in [-0.2, -0.15) is 5.26 Å². The van der Waals surface area contributed by atoms with E-state index < -0.39 is 10.8 Å². The van der Waals surface area contributed by atoms with Crippen molar-refractivity contribution in [2.45, 2.75) is 0 Å². The summed E-state index contributed by atoms with van der Waals surface area (Å²) in [6.45, 7) is 0. The van der Waals surface area contributed by atoms with E-state index >= 15 is 0 Å². The standard InChI is InChI=1S/C17H11I2N3O4/c1-26-16-10(6-12(18)7-15(16)19)5-11(9-20)17(23)21-13-3-2-4-14(8-13)22(24)25/h2-8H,1H3,(H,21,23)/b11-5+. The van der Waals surface area contributed by atoms with Gasteiger partial charge in [0.25, 0.3) is 11.6 Å². The Hall–Kier alpha value is -2.20. The number of hydrogen-bond donors (Lipinski definition) is 1. The van der Waals surface area contributed by atoms with Crippen molar-refractivity contribution in [1.29, 1.82) is 5.26 Å². The number of amides is 1. The van der Waals surface area contributed by atoms with E-state index in [9.17, 15) is 20.2 Å². The Morgan fingerprint density at radius 3 is 2.69 bits per heavy atom. The third-order valence-corrected chi connectivity index (χ3v) is 4.65. The van der Waals surface area contributed by atoms with Crippen LogP contribution in [0.15, 0.2) is 42.0 Å². The summed E-state index contributed by atoms with van der Waals surface area (Å²) < 4.78 is 7.12. The molecule has 0 aliphatic carbocycles. The molecule has 2 aromatic carbocycles. The number of halogens is 2. The largest absolute Gasteiger partial charge is 0.495 e. The van der Waals surface area contributed by atoms with Crippen LogP contribution in [-0.4, -0.2) is 17.9 Å². The van der Waals surface area contributed by atoms with Crippen molar-refractivity contribution in [2.75, 3.05) is 12.4 Å². The highest BCUT2D eigenvalue weighted by atomic mass is 127. The number of carbonyl (C=O) groups is 1. The fourth-order valence-corrected chi connectivity index (χ4v) is 4.21. The number of ether oxygens (including phenoxy) is 1. The molecule has 1 amide bonds. The number of benzene rings is 2. The monoisotopic (exact) mass is 575 g/mol. The molecule has 0 saturated heterocycles. The number of methoxy groups -OCH3 is 1. The van der Waals surface area contributed by atoms with E-state index in [-0.39, 0.29) is 16.9 Å². The van der Waals surface area contributed by atoms with Crippen LogP contribution in [-0.2, 0) is 4.79 Å². The number of nitrogens with one attached hydrogen (secondary N) is 1. The van der Waals surface area contributed by atoms with Crippen LogP contribution in [0.1, 0.15) is 5.56 Å². The Morgan fingerprint density at radius 1 is 1.35 bits per heavy atom. The topological polar surface area (TPSA) is 105 Å². The minimum Gasteiger partial charge on any atom is -0.495 e. The second-order valence-electron chi connectivity index (χ2n) is 4.94. The SMILES string of the molecule is COc1c(I)cc(I)cc1/C=C(\C#N)C(=O)Nc1cccc([N+](=O)[O-])c1. The molecule has 0 bridgehead atoms. The fourth-order valence-electron chi connectivity index (χ4n) is 2.10. The van der Waals surface area contributed by atoms with Crippen molar-refractivity contribution in [3.8, 4) is 11.8 Å². The zero-order valence-corrected chi connectivity index (χ0v) is 17.6. The predicted octanol–water partition coefficient (Wildman–Crippen LogP) is 4.36. The van der Waals surface area contributed by atoms with E-state index in [1.165, 1.54) is 37.5 Å². The maximum absolute atomic E-state index is 12.4. The first-order valence-corrected chi connectivity index (χ1v) is 9.22. The molecule has 0 aliphatic heterocycles. The maximum atomic E-state index is 12.4. The average Bonchev–Trinajstić information content (AvgIpc) is 2.59. The molecule has 0 heterocycles. The second-order valence-corrected chi connectivity index (χ2v) is 7.35. The van der Waals surface area contributed by atoms with Gasteiger partial charge in [0.1, 0.15) is 17.4 Å². The Bertz CT molecular complexity index is 952. The summed E-state index contributed by atoms with van der Waals surface area (Å²) in [6.07, 6.45) is 1.43. The highest BCUT2D eigenvalue weighted by Gasteiger charge is 2.14. The molecule has 2 aromatic rings. The van der Waals surface area contributed by atoms with Gasteiger partial charge >= 0.3 is 0 Å². The second kappa shape index (κ2) is 8.95. The van der Waals surface area contributed by atoms with E-state index in [1.807, 2.05) is 12.1 Å². The summed E-state index contributed by atoms with van der Waals surface area (Å²) in [5.41, 5.74) is 0.524. The molecule has 0 radical (unpaired) electrons. The molecule has 0 spiro atoms. The van der Waals surface area contributed by atoms with Gasteiger partial charge < -0.3 is 10.1 Å². The van der Waals surface area contributed by atoms with Crippen molar-refractivity contribution in [2.24, 2.45) is 0 Å². The molecule has 7 nitrogen and oxygen atoms in total. The Balaban J connectivity index is 2.35. The van der Waals surface area contributed by atoms with E-state index in [2.05, 4.69) is 50.5 Å². The fraction of sp³-hybridized carbons (Fsp3) is 0.0588. The average molecular weight is 575 g/mol. The number of carbonyl (C=O) groups excluding carboxylic acids is 1. The van der Waals surface area contributed by atoms with Gasteiger partial charge in [-0.25, -0.2) is 0 Å². The quantitative estimate of drug-likeness (QED) is 0.188. The molecular formula is C17H11I2N3O4. The number of anilines is 1. The molecule has 26 heavy (non-hydrogen) atoms. The van der Waals surface area contributed by atoms with E-state index in [0.29, 0.717) is 11.3 Å². The first-order chi connectivity index (χ1) is 12.3. The van der Waals surface area contributed by atoms with Crippen molar-refractivity contribution >= 4 is 68.5 Å². The molecule has 0 aromatic heterocycles. The Kier molecular flexibility index (Phi) is 6.92. The van der Waals surface area contributed by atoms with Crippen LogP contribution in [0.5, 0.6) is 5.75 Å². The number of rotatable bonds is 5. The molecule has 0 unspecified atom stereocenters. The summed E-state index contributed by atoms with van der Waals surface area (Å²) in [5, 5.41) is 22.7. The van der Waals surface area contributed by atoms with Crippen molar-refractivity contribution in [3.63, 3.8) is 0 Å². The van der Waals surface area contributed by atoms with Crippen LogP contribution in [0.2, 0.25) is 0 Å². The van der Waals surface area contributed by atoms with Gasteiger partial charge in [-0.05, 0) is 69.5 Å². The summed E-state index contributed by atoms with van der Waals surface area (Å²) in [6, 6.07) is 11.1. The molecule has 0 atom stereocenters. The lowest BCUT2D eigenvalue weighted by Crippen LogP contribution is -2.13. The van der Waals surface area contributed by atoms with Crippen LogP contribution in [0.3, 0.4) is 0 Å². The van der Waals surface area contributed by atoms with Crippen LogP contribution >= 0.6 is 45.2 Å². The van der Waals surface area contributed by atoms with E-state index in [0.717, 1.165) is 7.14 Å². The lowest BCUT2D eigenvalue weighted by molar-refractivity contribution is -0.384. The van der Waals surface area contributed by atoms with Gasteiger partial charge in [0, 0.05) is 27.0 Å². The van der Waals surface area contributed by atoms with Gasteiger partial charge in [-0.15, -0.1) is 0 Å². The number of hydrogen-bond acceptors (Lipinski definition) is 5. The van der Waals surface area contributed by atoms with Gasteiger partial charge in [0.15, 0.2) is 0 Å². The third-order valence-electron chi connectivity index (χ3n) is 3.22. The minimum absolute atomic E-state index is 0.146. The molecular weight excluding hydrogens is 564 g/mol. The van der Waals surface area contributed by atoms with Crippen LogP contribution < -0.4 is 10.1 Å². The van der Waals surface area contributed by atoms with Gasteiger partial charge in [0.05, 0.1) is 15.6 Å². The van der Waals surface area contributed by atoms with E-state index in [1.54, 1.807) is 6.07 Å². The number of nitro groups is 1. The maximum Gasteiger partial charge on any atom is 0.271 e. The van der Waals surface area contributed by atoms with Crippen molar-refractivity contribution < 1.29 is 14.5 Å². The summed E-state index contributed by atoms with van der Waals surface area (Å²) in [4.78, 5) is 22.6. The summed E-state index contributed by atoms with van der Waals surface area (Å²) in [7, 11) is 1.51. The van der Waals surface area contributed by atoms with Gasteiger partial charge in [-0.1, -0.05) is 6.07 Å². The first-order valence-electron chi connectivity index (χ1n) is 7.06. The zero-order valence-electron chi connectivity index (χ0n) is 13.3. The highest BCUT2D eigenvalue weighted by Crippen LogP contribution is 2.30. The number of nitro benzene ring substituents is 1. The molecule has 2 rings (SSSR count). The number of non-ortho nitro benzene ring substituents is 1. The summed E-state index contributed by atoms with van der Waals surface area (Å²) >= 11 is 4.24. The smallest absolute Gasteiger partial charge is 0.271 e. The van der Waals surface area contributed by atoms with Gasteiger partial charge in [0.2, 0.25) is 0 Å². The highest BCUT2D eigenvalue weighted by molar-refractivity contribution is 14.1. The first kappa shape index (κ1) is 20.1. The molecule has 0 saturated carbocycles.